The Morgan fingerprint density at radius 1 is 1.36 bits per heavy atom. The van der Waals surface area contributed by atoms with E-state index in [4.69, 9.17) is 4.74 Å². The Morgan fingerprint density at radius 2 is 2.08 bits per heavy atom. The summed E-state index contributed by atoms with van der Waals surface area (Å²) in [5, 5.41) is 3.09. The van der Waals surface area contributed by atoms with Gasteiger partial charge in [0.05, 0.1) is 7.11 Å². The molecule has 2 amide bonds. The fraction of sp³-hybridized carbons (Fsp3) is 0.632. The lowest BCUT2D eigenvalue weighted by atomic mass is 10.1. The van der Waals surface area contributed by atoms with Crippen LogP contribution in [0, 0.1) is 0 Å². The van der Waals surface area contributed by atoms with Crippen molar-refractivity contribution in [3.63, 3.8) is 0 Å². The van der Waals surface area contributed by atoms with Gasteiger partial charge in [-0.05, 0) is 39.1 Å². The maximum absolute atomic E-state index is 12.5. The lowest BCUT2D eigenvalue weighted by Crippen LogP contribution is -2.55. The average Bonchev–Trinajstić information content (AvgIpc) is 2.61. The zero-order chi connectivity index (χ0) is 18.4. The van der Waals surface area contributed by atoms with Crippen LogP contribution in [0.15, 0.2) is 24.3 Å². The van der Waals surface area contributed by atoms with Crippen LogP contribution in [0.3, 0.4) is 0 Å². The van der Waals surface area contributed by atoms with Crippen LogP contribution in [0.25, 0.3) is 0 Å². The van der Waals surface area contributed by atoms with Crippen LogP contribution in [0.1, 0.15) is 12.5 Å². The second kappa shape index (κ2) is 9.06. The minimum atomic E-state index is -0.0241. The summed E-state index contributed by atoms with van der Waals surface area (Å²) in [5.74, 6) is 0.870. The van der Waals surface area contributed by atoms with Gasteiger partial charge in [0.2, 0.25) is 0 Å². The number of ether oxygens (including phenoxy) is 1. The molecule has 0 bridgehead atoms. The van der Waals surface area contributed by atoms with E-state index >= 15 is 0 Å². The Hall–Kier alpha value is -1.79. The van der Waals surface area contributed by atoms with E-state index in [1.807, 2.05) is 31.3 Å². The molecule has 2 rings (SSSR count). The Bertz CT molecular complexity index is 566. The van der Waals surface area contributed by atoms with Crippen LogP contribution < -0.4 is 10.1 Å². The van der Waals surface area contributed by atoms with Crippen molar-refractivity contribution in [1.82, 2.24) is 20.0 Å². The van der Waals surface area contributed by atoms with Crippen molar-refractivity contribution in [1.29, 1.82) is 0 Å². The van der Waals surface area contributed by atoms with Gasteiger partial charge in [-0.15, -0.1) is 0 Å². The molecule has 2 unspecified atom stereocenters. The lowest BCUT2D eigenvalue weighted by Gasteiger charge is -2.38. The molecule has 25 heavy (non-hydrogen) atoms. The average molecular weight is 348 g/mol. The first kappa shape index (κ1) is 19.5. The number of methoxy groups -OCH3 is 1. The number of carbonyl (C=O) groups excluding carboxylic acids is 1. The van der Waals surface area contributed by atoms with E-state index in [1.165, 1.54) is 0 Å². The van der Waals surface area contributed by atoms with E-state index in [-0.39, 0.29) is 12.1 Å². The molecule has 0 radical (unpaired) electrons. The molecule has 0 aliphatic carbocycles. The van der Waals surface area contributed by atoms with Gasteiger partial charge in [0.1, 0.15) is 5.75 Å². The van der Waals surface area contributed by atoms with Crippen molar-refractivity contribution in [2.75, 3.05) is 54.4 Å². The summed E-state index contributed by atoms with van der Waals surface area (Å²) < 4.78 is 5.41. The number of benzene rings is 1. The Balaban J connectivity index is 1.86. The molecule has 6 heteroatoms. The number of nitrogens with one attached hydrogen (secondary N) is 1. The number of likely N-dealkylation sites (N-methyl/N-ethyl adjacent to an activating group) is 3. The molecule has 6 nitrogen and oxygen atoms in total. The summed E-state index contributed by atoms with van der Waals surface area (Å²) in [5.41, 5.74) is 1.12. The number of para-hydroxylation sites is 1. The van der Waals surface area contributed by atoms with Gasteiger partial charge >= 0.3 is 6.03 Å². The summed E-state index contributed by atoms with van der Waals surface area (Å²) in [6.45, 7) is 5.84. The van der Waals surface area contributed by atoms with E-state index in [0.29, 0.717) is 12.6 Å². The van der Waals surface area contributed by atoms with Crippen LogP contribution >= 0.6 is 0 Å². The van der Waals surface area contributed by atoms with Crippen molar-refractivity contribution in [2.24, 2.45) is 0 Å². The third-order valence-electron chi connectivity index (χ3n) is 5.16. The van der Waals surface area contributed by atoms with Crippen molar-refractivity contribution in [3.8, 4) is 5.75 Å². The van der Waals surface area contributed by atoms with Crippen molar-refractivity contribution in [3.05, 3.63) is 29.8 Å². The maximum Gasteiger partial charge on any atom is 0.317 e. The Labute approximate surface area is 151 Å². The Kier molecular flexibility index (Phi) is 7.08. The zero-order valence-corrected chi connectivity index (χ0v) is 16.2. The molecular weight excluding hydrogens is 316 g/mol. The van der Waals surface area contributed by atoms with Crippen LogP contribution in [0.5, 0.6) is 5.75 Å². The van der Waals surface area contributed by atoms with Crippen molar-refractivity contribution in [2.45, 2.75) is 25.4 Å². The second-order valence-electron chi connectivity index (χ2n) is 7.06. The molecule has 1 N–H and O–H groups in total. The third kappa shape index (κ3) is 5.34. The highest BCUT2D eigenvalue weighted by molar-refractivity contribution is 5.74. The molecule has 1 aliphatic heterocycles. The first-order chi connectivity index (χ1) is 11.9. The van der Waals surface area contributed by atoms with Crippen LogP contribution in [-0.2, 0) is 6.42 Å². The summed E-state index contributed by atoms with van der Waals surface area (Å²) in [7, 11) is 7.78. The van der Waals surface area contributed by atoms with Crippen LogP contribution in [-0.4, -0.2) is 87.2 Å². The fourth-order valence-corrected chi connectivity index (χ4v) is 3.18. The number of urea groups is 1. The van der Waals surface area contributed by atoms with Gasteiger partial charge in [-0.1, -0.05) is 18.2 Å². The van der Waals surface area contributed by atoms with E-state index in [0.717, 1.165) is 37.4 Å². The molecule has 140 valence electrons. The standard InChI is InChI=1S/C19H32N4O2/c1-15(12-16-8-6-7-9-18(16)25-5)23(4)19(24)20-13-17-14-21(2)10-11-22(17)3/h6-9,15,17H,10-14H2,1-5H3,(H,20,24). The minimum Gasteiger partial charge on any atom is -0.496 e. The highest BCUT2D eigenvalue weighted by Crippen LogP contribution is 2.20. The molecule has 0 aromatic heterocycles. The first-order valence-electron chi connectivity index (χ1n) is 8.93. The molecule has 2 atom stereocenters. The summed E-state index contributed by atoms with van der Waals surface area (Å²) in [6, 6.07) is 8.39. The second-order valence-corrected chi connectivity index (χ2v) is 7.06. The first-order valence-corrected chi connectivity index (χ1v) is 8.93. The fourth-order valence-electron chi connectivity index (χ4n) is 3.18. The van der Waals surface area contributed by atoms with Crippen molar-refractivity contribution < 1.29 is 9.53 Å². The molecular formula is C19H32N4O2. The van der Waals surface area contributed by atoms with Gasteiger partial charge in [0.15, 0.2) is 0 Å². The zero-order valence-electron chi connectivity index (χ0n) is 16.2. The summed E-state index contributed by atoms with van der Waals surface area (Å²) in [6.07, 6.45) is 0.764. The monoisotopic (exact) mass is 348 g/mol. The summed E-state index contributed by atoms with van der Waals surface area (Å²) >= 11 is 0. The normalized spacial score (nSPS) is 20.1. The highest BCUT2D eigenvalue weighted by Gasteiger charge is 2.24. The number of hydrogen-bond donors (Lipinski definition) is 1. The topological polar surface area (TPSA) is 48.1 Å². The van der Waals surface area contributed by atoms with Gasteiger partial charge in [-0.3, -0.25) is 4.90 Å². The molecule has 1 saturated heterocycles. The molecule has 0 spiro atoms. The highest BCUT2D eigenvalue weighted by atomic mass is 16.5. The maximum atomic E-state index is 12.5. The van der Waals surface area contributed by atoms with E-state index < -0.39 is 0 Å². The van der Waals surface area contributed by atoms with E-state index in [2.05, 4.69) is 36.1 Å². The largest absolute Gasteiger partial charge is 0.496 e. The van der Waals surface area contributed by atoms with Gasteiger partial charge in [0.25, 0.3) is 0 Å². The molecule has 1 aromatic rings. The smallest absolute Gasteiger partial charge is 0.317 e. The van der Waals surface area contributed by atoms with Gasteiger partial charge in [0, 0.05) is 45.3 Å². The van der Waals surface area contributed by atoms with E-state index in [1.54, 1.807) is 12.0 Å². The van der Waals surface area contributed by atoms with Gasteiger partial charge in [-0.25, -0.2) is 4.79 Å². The molecule has 1 aliphatic rings. The number of piperazine rings is 1. The number of hydrogen-bond acceptors (Lipinski definition) is 4. The molecule has 1 heterocycles. The van der Waals surface area contributed by atoms with E-state index in [9.17, 15) is 4.79 Å². The van der Waals surface area contributed by atoms with Gasteiger partial charge < -0.3 is 19.9 Å². The summed E-state index contributed by atoms with van der Waals surface area (Å²) in [4.78, 5) is 18.9. The SMILES string of the molecule is COc1ccccc1CC(C)N(C)C(=O)NCC1CN(C)CCN1C. The molecule has 0 saturated carbocycles. The quantitative estimate of drug-likeness (QED) is 0.847. The third-order valence-corrected chi connectivity index (χ3v) is 5.16. The van der Waals surface area contributed by atoms with Crippen molar-refractivity contribution >= 4 is 6.03 Å². The number of rotatable bonds is 6. The molecule has 1 fully saturated rings. The predicted octanol–water partition coefficient (Wildman–Crippen LogP) is 1.51. The number of nitrogens with zero attached hydrogens (tertiary/aromatic N) is 3. The Morgan fingerprint density at radius 3 is 2.80 bits per heavy atom. The predicted molar refractivity (Wildman–Crippen MR) is 101 cm³/mol. The minimum absolute atomic E-state index is 0.0241. The lowest BCUT2D eigenvalue weighted by molar-refractivity contribution is 0.112. The molecule has 1 aromatic carbocycles. The number of amides is 2. The van der Waals surface area contributed by atoms with Crippen LogP contribution in [0.4, 0.5) is 4.79 Å². The van der Waals surface area contributed by atoms with Gasteiger partial charge in [-0.2, -0.15) is 0 Å². The van der Waals surface area contributed by atoms with Crippen LogP contribution in [0.2, 0.25) is 0 Å². The number of carbonyl (C=O) groups is 1.